The average Bonchev–Trinajstić information content (AvgIpc) is 3.49. The molecule has 1 aliphatic heterocycles. The Morgan fingerprint density at radius 3 is 2.50 bits per heavy atom. The second-order valence-electron chi connectivity index (χ2n) is 8.26. The number of rotatable bonds is 4. The second kappa shape index (κ2) is 7.53. The molecule has 7 heteroatoms. The van der Waals surface area contributed by atoms with Crippen LogP contribution in [0, 0.1) is 12.3 Å². The summed E-state index contributed by atoms with van der Waals surface area (Å²) >= 11 is 1.29. The van der Waals surface area contributed by atoms with Gasteiger partial charge in [0.2, 0.25) is 0 Å². The Morgan fingerprint density at radius 1 is 1.06 bits per heavy atom. The summed E-state index contributed by atoms with van der Waals surface area (Å²) in [5.74, 6) is -0.399. The molecule has 1 unspecified atom stereocenters. The first kappa shape index (κ1) is 20.8. The van der Waals surface area contributed by atoms with Crippen molar-refractivity contribution in [3.8, 4) is 0 Å². The lowest BCUT2D eigenvalue weighted by molar-refractivity contribution is 0.0867. The predicted octanol–water partition coefficient (Wildman–Crippen LogP) is 4.64. The molecule has 0 bridgehead atoms. The summed E-state index contributed by atoms with van der Waals surface area (Å²) in [4.78, 5) is 27.3. The molecule has 1 saturated heterocycles. The molecule has 0 radical (unpaired) electrons. The summed E-state index contributed by atoms with van der Waals surface area (Å²) in [5, 5.41) is 1.80. The van der Waals surface area contributed by atoms with Crippen LogP contribution in [0.25, 0.3) is 0 Å². The number of ketones is 2. The van der Waals surface area contributed by atoms with E-state index in [1.807, 2.05) is 25.1 Å². The molecular formula is C25H21NO4S2. The van der Waals surface area contributed by atoms with Crippen molar-refractivity contribution < 1.29 is 18.0 Å². The Bertz CT molecular complexity index is 1360. The van der Waals surface area contributed by atoms with E-state index in [4.69, 9.17) is 0 Å². The number of allylic oxidation sites excluding steroid dienone is 2. The highest BCUT2D eigenvalue weighted by Crippen LogP contribution is 2.51. The molecule has 2 aromatic carbocycles. The minimum absolute atomic E-state index is 0.111. The van der Waals surface area contributed by atoms with Gasteiger partial charge < -0.3 is 0 Å². The van der Waals surface area contributed by atoms with E-state index in [1.54, 1.807) is 47.8 Å². The van der Waals surface area contributed by atoms with Gasteiger partial charge in [-0.15, -0.1) is 11.3 Å². The Labute approximate surface area is 191 Å². The molecule has 1 aliphatic carbocycles. The number of carbonyl (C=O) groups is 2. The van der Waals surface area contributed by atoms with Crippen LogP contribution in [0.5, 0.6) is 0 Å². The Kier molecular flexibility index (Phi) is 4.91. The number of thiophene rings is 1. The van der Waals surface area contributed by atoms with Crippen molar-refractivity contribution in [2.45, 2.75) is 24.7 Å². The maximum Gasteiger partial charge on any atom is 0.264 e. The van der Waals surface area contributed by atoms with E-state index in [2.05, 4.69) is 0 Å². The summed E-state index contributed by atoms with van der Waals surface area (Å²) in [6, 6.07) is 17.5. The number of hydrogen-bond donors (Lipinski definition) is 0. The summed E-state index contributed by atoms with van der Waals surface area (Å²) in [6.07, 6.45) is 2.11. The first-order chi connectivity index (χ1) is 15.3. The van der Waals surface area contributed by atoms with Gasteiger partial charge in [-0.25, -0.2) is 8.42 Å². The van der Waals surface area contributed by atoms with E-state index in [0.717, 1.165) is 11.1 Å². The van der Waals surface area contributed by atoms with Crippen LogP contribution in [0.4, 0.5) is 0 Å². The van der Waals surface area contributed by atoms with Crippen molar-refractivity contribution in [3.63, 3.8) is 0 Å². The smallest absolute Gasteiger partial charge is 0.264 e. The predicted molar refractivity (Wildman–Crippen MR) is 123 cm³/mol. The van der Waals surface area contributed by atoms with Crippen LogP contribution < -0.4 is 0 Å². The maximum absolute atomic E-state index is 13.6. The molecule has 1 spiro atoms. The summed E-state index contributed by atoms with van der Waals surface area (Å²) < 4.78 is 28.5. The minimum Gasteiger partial charge on any atom is -0.293 e. The third-order valence-electron chi connectivity index (χ3n) is 6.33. The molecule has 2 heterocycles. The SMILES string of the molecule is Cc1ccc(S(=O)(=O)N2CCC3(Cc4ccccc4C3=O)/C2=C/C(=O)c2cccs2)cc1. The van der Waals surface area contributed by atoms with Gasteiger partial charge in [0.05, 0.1) is 15.2 Å². The van der Waals surface area contributed by atoms with Gasteiger partial charge in [-0.2, -0.15) is 0 Å². The Hall–Kier alpha value is -3.03. The minimum atomic E-state index is -3.93. The van der Waals surface area contributed by atoms with Gasteiger partial charge in [0.25, 0.3) is 10.0 Å². The molecule has 0 amide bonds. The molecule has 1 atom stereocenters. The van der Waals surface area contributed by atoms with Crippen molar-refractivity contribution in [1.29, 1.82) is 0 Å². The summed E-state index contributed by atoms with van der Waals surface area (Å²) in [5.41, 5.74) is 1.68. The van der Waals surface area contributed by atoms with Gasteiger partial charge in [-0.3, -0.25) is 13.9 Å². The van der Waals surface area contributed by atoms with Crippen LogP contribution in [0.1, 0.15) is 37.6 Å². The van der Waals surface area contributed by atoms with Crippen LogP contribution in [0.3, 0.4) is 0 Å². The zero-order valence-corrected chi connectivity index (χ0v) is 19.1. The first-order valence-corrected chi connectivity index (χ1v) is 12.7. The molecule has 32 heavy (non-hydrogen) atoms. The Morgan fingerprint density at radius 2 is 1.81 bits per heavy atom. The van der Waals surface area contributed by atoms with Gasteiger partial charge >= 0.3 is 0 Å². The number of carbonyl (C=O) groups excluding carboxylic acids is 2. The quantitative estimate of drug-likeness (QED) is 0.417. The normalized spacial score (nSPS) is 21.5. The van der Waals surface area contributed by atoms with Gasteiger partial charge in [0.1, 0.15) is 0 Å². The summed E-state index contributed by atoms with van der Waals surface area (Å²) in [7, 11) is -3.93. The largest absolute Gasteiger partial charge is 0.293 e. The lowest BCUT2D eigenvalue weighted by Crippen LogP contribution is -2.34. The standard InChI is InChI=1S/C25H21NO4S2/c1-17-8-10-19(11-9-17)32(29,30)26-13-12-25(16-18-5-2-3-6-20(18)24(25)28)23(26)15-21(27)22-7-4-14-31-22/h2-11,14-15H,12-13,16H2,1H3/b23-15-. The van der Waals surface area contributed by atoms with E-state index in [-0.39, 0.29) is 28.7 Å². The zero-order chi connectivity index (χ0) is 22.5. The molecule has 5 nitrogen and oxygen atoms in total. The van der Waals surface area contributed by atoms with E-state index >= 15 is 0 Å². The fourth-order valence-electron chi connectivity index (χ4n) is 4.66. The lowest BCUT2D eigenvalue weighted by Gasteiger charge is -2.27. The fraction of sp³-hybridized carbons (Fsp3) is 0.200. The topological polar surface area (TPSA) is 71.5 Å². The molecule has 0 saturated carbocycles. The third kappa shape index (κ3) is 3.15. The Balaban J connectivity index is 1.65. The highest BCUT2D eigenvalue weighted by atomic mass is 32.2. The number of nitrogens with zero attached hydrogens (tertiary/aromatic N) is 1. The van der Waals surface area contributed by atoms with E-state index in [9.17, 15) is 18.0 Å². The molecule has 1 fully saturated rings. The van der Waals surface area contributed by atoms with Crippen molar-refractivity contribution in [3.05, 3.63) is 99.4 Å². The van der Waals surface area contributed by atoms with E-state index < -0.39 is 15.4 Å². The van der Waals surface area contributed by atoms with Gasteiger partial charge in [0.15, 0.2) is 11.6 Å². The number of aryl methyl sites for hydroxylation is 1. The van der Waals surface area contributed by atoms with E-state index in [1.165, 1.54) is 21.7 Å². The fourth-order valence-corrected chi connectivity index (χ4v) is 6.85. The van der Waals surface area contributed by atoms with Crippen LogP contribution in [0.2, 0.25) is 0 Å². The van der Waals surface area contributed by atoms with Gasteiger partial charge in [0, 0.05) is 23.9 Å². The number of hydrogen-bond acceptors (Lipinski definition) is 5. The van der Waals surface area contributed by atoms with Crippen molar-refractivity contribution in [2.75, 3.05) is 6.54 Å². The second-order valence-corrected chi connectivity index (χ2v) is 11.1. The molecular weight excluding hydrogens is 442 g/mol. The molecule has 1 aromatic heterocycles. The van der Waals surface area contributed by atoms with Gasteiger partial charge in [-0.1, -0.05) is 48.0 Å². The van der Waals surface area contributed by atoms with E-state index in [0.29, 0.717) is 23.3 Å². The van der Waals surface area contributed by atoms with Crippen molar-refractivity contribution >= 4 is 32.9 Å². The number of Topliss-reactive ketones (excluding diaryl/α,β-unsaturated/α-hetero) is 1. The lowest BCUT2D eigenvalue weighted by atomic mass is 9.79. The van der Waals surface area contributed by atoms with Crippen LogP contribution in [-0.2, 0) is 16.4 Å². The highest BCUT2D eigenvalue weighted by molar-refractivity contribution is 7.89. The van der Waals surface area contributed by atoms with Crippen LogP contribution >= 0.6 is 11.3 Å². The molecule has 3 aromatic rings. The zero-order valence-electron chi connectivity index (χ0n) is 17.4. The van der Waals surface area contributed by atoms with Crippen molar-refractivity contribution in [1.82, 2.24) is 4.31 Å². The molecule has 2 aliphatic rings. The first-order valence-electron chi connectivity index (χ1n) is 10.4. The average molecular weight is 464 g/mol. The van der Waals surface area contributed by atoms with Crippen molar-refractivity contribution in [2.24, 2.45) is 5.41 Å². The van der Waals surface area contributed by atoms with Crippen LogP contribution in [0.15, 0.2) is 82.7 Å². The maximum atomic E-state index is 13.6. The third-order valence-corrected chi connectivity index (χ3v) is 9.04. The molecule has 0 N–H and O–H groups in total. The number of fused-ring (bicyclic) bond motifs is 1. The van der Waals surface area contributed by atoms with Gasteiger partial charge in [-0.05, 0) is 48.9 Å². The van der Waals surface area contributed by atoms with Crippen LogP contribution in [-0.4, -0.2) is 30.8 Å². The molecule has 5 rings (SSSR count). The number of sulfonamides is 1. The monoisotopic (exact) mass is 463 g/mol. The molecule has 162 valence electrons. The summed E-state index contributed by atoms with van der Waals surface area (Å²) in [6.45, 7) is 2.04. The highest BCUT2D eigenvalue weighted by Gasteiger charge is 2.55. The number of benzene rings is 2.